The van der Waals surface area contributed by atoms with E-state index < -0.39 is 5.92 Å². The monoisotopic (exact) mass is 457 g/mol. The van der Waals surface area contributed by atoms with E-state index >= 15 is 0 Å². The number of carbonyl (C=O) groups excluding carboxylic acids is 2. The topological polar surface area (TPSA) is 89.5 Å². The fourth-order valence-corrected chi connectivity index (χ4v) is 4.65. The third-order valence-corrected chi connectivity index (χ3v) is 6.31. The number of methoxy groups -OCH3 is 2. The number of benzene rings is 2. The van der Waals surface area contributed by atoms with Gasteiger partial charge in [0.1, 0.15) is 11.5 Å². The van der Waals surface area contributed by atoms with Crippen LogP contribution in [0.1, 0.15) is 33.3 Å². The second kappa shape index (κ2) is 8.95. The van der Waals surface area contributed by atoms with Crippen LogP contribution in [0.5, 0.6) is 11.5 Å². The lowest BCUT2D eigenvalue weighted by Crippen LogP contribution is -2.20. The molecule has 9 heteroatoms. The Kier molecular flexibility index (Phi) is 6.11. The summed E-state index contributed by atoms with van der Waals surface area (Å²) in [6.45, 7) is 0. The predicted molar refractivity (Wildman–Crippen MR) is 121 cm³/mol. The van der Waals surface area contributed by atoms with Gasteiger partial charge < -0.3 is 14.8 Å². The largest absolute Gasteiger partial charge is 0.497 e. The van der Waals surface area contributed by atoms with E-state index in [1.807, 2.05) is 0 Å². The normalized spacial score (nSPS) is 14.6. The predicted octanol–water partition coefficient (Wildman–Crippen LogP) is 4.73. The number of nitrogens with one attached hydrogen (secondary N) is 2. The number of anilines is 2. The van der Waals surface area contributed by atoms with Gasteiger partial charge in [0.05, 0.1) is 31.5 Å². The van der Waals surface area contributed by atoms with Crippen LogP contribution in [0.2, 0.25) is 5.02 Å². The molecule has 2 amide bonds. The van der Waals surface area contributed by atoms with Gasteiger partial charge in [0, 0.05) is 15.5 Å². The van der Waals surface area contributed by atoms with Crippen molar-refractivity contribution in [2.75, 3.05) is 24.9 Å². The fourth-order valence-electron chi connectivity index (χ4n) is 3.45. The summed E-state index contributed by atoms with van der Waals surface area (Å²) in [5.74, 6) is 0.357. The molecule has 0 saturated heterocycles. The van der Waals surface area contributed by atoms with Crippen molar-refractivity contribution in [2.45, 2.75) is 18.8 Å². The van der Waals surface area contributed by atoms with Crippen molar-refractivity contribution in [3.05, 3.63) is 63.6 Å². The van der Waals surface area contributed by atoms with Gasteiger partial charge >= 0.3 is 0 Å². The van der Waals surface area contributed by atoms with Crippen molar-refractivity contribution in [3.63, 3.8) is 0 Å². The van der Waals surface area contributed by atoms with Gasteiger partial charge in [-0.15, -0.1) is 11.3 Å². The summed E-state index contributed by atoms with van der Waals surface area (Å²) >= 11 is 7.45. The quantitative estimate of drug-likeness (QED) is 0.558. The molecule has 1 aliphatic rings. The summed E-state index contributed by atoms with van der Waals surface area (Å²) < 4.78 is 10.4. The molecule has 0 saturated carbocycles. The van der Waals surface area contributed by atoms with Crippen molar-refractivity contribution in [1.82, 2.24) is 4.98 Å². The van der Waals surface area contributed by atoms with E-state index in [1.54, 1.807) is 49.6 Å². The van der Waals surface area contributed by atoms with Crippen LogP contribution in [-0.4, -0.2) is 31.0 Å². The molecule has 2 aromatic carbocycles. The number of hydrogen-bond acceptors (Lipinski definition) is 6. The number of carbonyl (C=O) groups is 2. The highest BCUT2D eigenvalue weighted by molar-refractivity contribution is 7.16. The summed E-state index contributed by atoms with van der Waals surface area (Å²) in [6.07, 6.45) is 1.39. The highest BCUT2D eigenvalue weighted by Gasteiger charge is 2.33. The molecule has 1 atom stereocenters. The Morgan fingerprint density at radius 3 is 2.58 bits per heavy atom. The number of halogens is 1. The molecule has 0 fully saturated rings. The van der Waals surface area contributed by atoms with Crippen molar-refractivity contribution >= 4 is 45.6 Å². The van der Waals surface area contributed by atoms with Gasteiger partial charge in [-0.3, -0.25) is 14.9 Å². The summed E-state index contributed by atoms with van der Waals surface area (Å²) in [7, 11) is 3.10. The minimum Gasteiger partial charge on any atom is -0.497 e. The fraction of sp³-hybridized carbons (Fsp3) is 0.227. The molecule has 4 rings (SSSR count). The number of aromatic nitrogens is 1. The molecule has 1 aromatic heterocycles. The van der Waals surface area contributed by atoms with Crippen LogP contribution in [0.4, 0.5) is 10.8 Å². The van der Waals surface area contributed by atoms with Gasteiger partial charge in [0.2, 0.25) is 5.91 Å². The molecule has 160 valence electrons. The Labute approximate surface area is 188 Å². The Morgan fingerprint density at radius 2 is 1.87 bits per heavy atom. The molecule has 0 spiro atoms. The van der Waals surface area contributed by atoms with Crippen LogP contribution in [0.25, 0.3) is 0 Å². The number of nitrogens with zero attached hydrogens (tertiary/aromatic N) is 1. The maximum atomic E-state index is 12.9. The molecule has 1 unspecified atom stereocenters. The smallest absolute Gasteiger partial charge is 0.257 e. The molecule has 1 aliphatic carbocycles. The summed E-state index contributed by atoms with van der Waals surface area (Å²) in [5, 5.41) is 6.68. The van der Waals surface area contributed by atoms with E-state index in [0.717, 1.165) is 11.3 Å². The molecule has 7 nitrogen and oxygen atoms in total. The SMILES string of the molecule is COc1ccc(C(=O)Nc2nc3c(s2)CCC3C(=O)Nc2cc(Cl)ccc2OC)cc1. The van der Waals surface area contributed by atoms with Crippen LogP contribution in [0.3, 0.4) is 0 Å². The lowest BCUT2D eigenvalue weighted by Gasteiger charge is -2.14. The average molecular weight is 458 g/mol. The van der Waals surface area contributed by atoms with Crippen LogP contribution in [0, 0.1) is 0 Å². The van der Waals surface area contributed by atoms with Crippen LogP contribution in [-0.2, 0) is 11.2 Å². The third kappa shape index (κ3) is 4.50. The highest BCUT2D eigenvalue weighted by atomic mass is 35.5. The van der Waals surface area contributed by atoms with Crippen LogP contribution >= 0.6 is 22.9 Å². The van der Waals surface area contributed by atoms with Crippen molar-refractivity contribution in [1.29, 1.82) is 0 Å². The minimum atomic E-state index is -0.401. The summed E-state index contributed by atoms with van der Waals surface area (Å²) in [4.78, 5) is 31.0. The minimum absolute atomic E-state index is 0.183. The molecule has 0 bridgehead atoms. The van der Waals surface area contributed by atoms with Gasteiger partial charge in [-0.1, -0.05) is 11.6 Å². The number of aryl methyl sites for hydroxylation is 1. The van der Waals surface area contributed by atoms with E-state index in [0.29, 0.717) is 45.0 Å². The second-order valence-corrected chi connectivity index (χ2v) is 8.46. The number of amides is 2. The molecule has 3 aromatic rings. The Hall–Kier alpha value is -3.10. The average Bonchev–Trinajstić information content (AvgIpc) is 3.34. The summed E-state index contributed by atoms with van der Waals surface area (Å²) in [5.41, 5.74) is 1.71. The first-order valence-electron chi connectivity index (χ1n) is 9.58. The van der Waals surface area contributed by atoms with E-state index in [2.05, 4.69) is 15.6 Å². The van der Waals surface area contributed by atoms with Gasteiger partial charge in [0.15, 0.2) is 5.13 Å². The third-order valence-electron chi connectivity index (χ3n) is 5.03. The first-order chi connectivity index (χ1) is 15.0. The number of ether oxygens (including phenoxy) is 2. The van der Waals surface area contributed by atoms with Crippen LogP contribution in [0.15, 0.2) is 42.5 Å². The lowest BCUT2D eigenvalue weighted by atomic mass is 10.1. The van der Waals surface area contributed by atoms with E-state index in [1.165, 1.54) is 18.4 Å². The maximum Gasteiger partial charge on any atom is 0.257 e. The molecule has 31 heavy (non-hydrogen) atoms. The Bertz CT molecular complexity index is 1130. The lowest BCUT2D eigenvalue weighted by molar-refractivity contribution is -0.117. The number of rotatable bonds is 6. The molecular weight excluding hydrogens is 438 g/mol. The zero-order chi connectivity index (χ0) is 22.0. The van der Waals surface area contributed by atoms with Gasteiger partial charge in [-0.05, 0) is 55.3 Å². The van der Waals surface area contributed by atoms with E-state index in [-0.39, 0.29) is 11.8 Å². The standard InChI is InChI=1S/C22H20ClN3O4S/c1-29-14-6-3-12(4-7-14)20(27)26-22-25-19-15(8-10-18(19)31-22)21(28)24-16-11-13(23)5-9-17(16)30-2/h3-7,9,11,15H,8,10H2,1-2H3,(H,24,28)(H,25,26,27). The molecular formula is C22H20ClN3O4S. The van der Waals surface area contributed by atoms with Crippen LogP contribution < -0.4 is 20.1 Å². The zero-order valence-electron chi connectivity index (χ0n) is 16.9. The Morgan fingerprint density at radius 1 is 1.10 bits per heavy atom. The number of thiazole rings is 1. The second-order valence-electron chi connectivity index (χ2n) is 6.94. The van der Waals surface area contributed by atoms with Crippen molar-refractivity contribution in [3.8, 4) is 11.5 Å². The Balaban J connectivity index is 1.47. The van der Waals surface area contributed by atoms with Gasteiger partial charge in [0.25, 0.3) is 5.91 Å². The van der Waals surface area contributed by atoms with Gasteiger partial charge in [-0.2, -0.15) is 0 Å². The first kappa shape index (κ1) is 21.1. The van der Waals surface area contributed by atoms with Gasteiger partial charge in [-0.25, -0.2) is 4.98 Å². The summed E-state index contributed by atoms with van der Waals surface area (Å²) in [6, 6.07) is 11.9. The molecule has 1 heterocycles. The van der Waals surface area contributed by atoms with E-state index in [4.69, 9.17) is 21.1 Å². The van der Waals surface area contributed by atoms with Crippen molar-refractivity contribution < 1.29 is 19.1 Å². The van der Waals surface area contributed by atoms with E-state index in [9.17, 15) is 9.59 Å². The zero-order valence-corrected chi connectivity index (χ0v) is 18.5. The first-order valence-corrected chi connectivity index (χ1v) is 10.8. The number of fused-ring (bicyclic) bond motifs is 1. The molecule has 2 N–H and O–H groups in total. The molecule has 0 radical (unpaired) electrons. The number of hydrogen-bond donors (Lipinski definition) is 2. The molecule has 0 aliphatic heterocycles. The highest BCUT2D eigenvalue weighted by Crippen LogP contribution is 2.39. The van der Waals surface area contributed by atoms with Crippen molar-refractivity contribution in [2.24, 2.45) is 0 Å². The maximum absolute atomic E-state index is 12.9.